The van der Waals surface area contributed by atoms with E-state index in [1.807, 2.05) is 26.0 Å². The van der Waals surface area contributed by atoms with Crippen LogP contribution >= 0.6 is 0 Å². The molecule has 0 aliphatic carbocycles. The van der Waals surface area contributed by atoms with Crippen LogP contribution in [0.2, 0.25) is 0 Å². The number of amides is 2. The van der Waals surface area contributed by atoms with Crippen LogP contribution in [0.5, 0.6) is 0 Å². The summed E-state index contributed by atoms with van der Waals surface area (Å²) < 4.78 is 56.4. The van der Waals surface area contributed by atoms with Crippen molar-refractivity contribution in [3.63, 3.8) is 0 Å². The first kappa shape index (κ1) is 28.7. The first-order chi connectivity index (χ1) is 18.8. The maximum Gasteiger partial charge on any atom is 0.323 e. The lowest BCUT2D eigenvalue weighted by Crippen LogP contribution is -2.19. The molecule has 0 bridgehead atoms. The second kappa shape index (κ2) is 11.4. The molecule has 11 heteroatoms. The van der Waals surface area contributed by atoms with Gasteiger partial charge in [-0.15, -0.1) is 0 Å². The van der Waals surface area contributed by atoms with Crippen LogP contribution in [0.25, 0.3) is 0 Å². The van der Waals surface area contributed by atoms with Gasteiger partial charge in [0.25, 0.3) is 20.0 Å². The van der Waals surface area contributed by atoms with Crippen molar-refractivity contribution in [3.05, 3.63) is 107 Å². The lowest BCUT2D eigenvalue weighted by Gasteiger charge is -2.13. The minimum Gasteiger partial charge on any atom is -0.308 e. The zero-order valence-electron chi connectivity index (χ0n) is 22.4. The van der Waals surface area contributed by atoms with E-state index in [1.165, 1.54) is 0 Å². The van der Waals surface area contributed by atoms with Gasteiger partial charge in [0.05, 0.1) is 9.79 Å². The van der Waals surface area contributed by atoms with Crippen LogP contribution in [0.4, 0.5) is 27.5 Å². The summed E-state index contributed by atoms with van der Waals surface area (Å²) in [6.45, 7) is 7.12. The maximum absolute atomic E-state index is 12.8. The predicted octanol–water partition coefficient (Wildman–Crippen LogP) is 6.17. The van der Waals surface area contributed by atoms with Gasteiger partial charge >= 0.3 is 6.03 Å². The third kappa shape index (κ3) is 6.99. The van der Waals surface area contributed by atoms with Gasteiger partial charge in [-0.2, -0.15) is 0 Å². The molecule has 4 rings (SSSR count). The number of hydrogen-bond donors (Lipinski definition) is 4. The van der Waals surface area contributed by atoms with Crippen LogP contribution in [-0.4, -0.2) is 22.9 Å². The Balaban J connectivity index is 1.35. The lowest BCUT2D eigenvalue weighted by molar-refractivity contribution is 0.262. The van der Waals surface area contributed by atoms with Gasteiger partial charge in [-0.05, 0) is 111 Å². The van der Waals surface area contributed by atoms with Crippen molar-refractivity contribution in [2.45, 2.75) is 37.5 Å². The Kier molecular flexibility index (Phi) is 8.17. The SMILES string of the molecule is Cc1ccc(C)c(S(=O)(=O)Nc2ccc(NC(=O)Nc3ccc(NS(=O)(=O)c4cc(C)ccc4C)cc3)cc2)c1. The van der Waals surface area contributed by atoms with Crippen LogP contribution < -0.4 is 20.1 Å². The van der Waals surface area contributed by atoms with Gasteiger partial charge in [-0.3, -0.25) is 9.44 Å². The molecule has 0 atom stereocenters. The average Bonchev–Trinajstić information content (AvgIpc) is 2.89. The minimum absolute atomic E-state index is 0.207. The van der Waals surface area contributed by atoms with E-state index in [-0.39, 0.29) is 9.79 Å². The Hall–Kier alpha value is -4.35. The van der Waals surface area contributed by atoms with Gasteiger partial charge in [-0.25, -0.2) is 21.6 Å². The molecule has 9 nitrogen and oxygen atoms in total. The summed E-state index contributed by atoms with van der Waals surface area (Å²) in [6.07, 6.45) is 0. The molecule has 0 heterocycles. The fourth-order valence-electron chi connectivity index (χ4n) is 3.95. The van der Waals surface area contributed by atoms with E-state index in [9.17, 15) is 21.6 Å². The monoisotopic (exact) mass is 578 g/mol. The van der Waals surface area contributed by atoms with Gasteiger partial charge in [-0.1, -0.05) is 24.3 Å². The highest BCUT2D eigenvalue weighted by Gasteiger charge is 2.18. The van der Waals surface area contributed by atoms with Crippen molar-refractivity contribution in [3.8, 4) is 0 Å². The number of carbonyl (C=O) groups excluding carboxylic acids is 1. The molecule has 0 aromatic heterocycles. The third-order valence-electron chi connectivity index (χ3n) is 6.06. The van der Waals surface area contributed by atoms with Crippen LogP contribution in [0.1, 0.15) is 22.3 Å². The van der Waals surface area contributed by atoms with Crippen molar-refractivity contribution in [1.29, 1.82) is 0 Å². The van der Waals surface area contributed by atoms with Crippen LogP contribution in [-0.2, 0) is 20.0 Å². The highest BCUT2D eigenvalue weighted by atomic mass is 32.2. The number of urea groups is 1. The van der Waals surface area contributed by atoms with Gasteiger partial charge in [0, 0.05) is 22.7 Å². The zero-order chi connectivity index (χ0) is 29.1. The molecular formula is C29H30N4O5S2. The molecule has 0 unspecified atom stereocenters. The summed E-state index contributed by atoms with van der Waals surface area (Å²) >= 11 is 0. The Bertz CT molecular complexity index is 1640. The Morgan fingerprint density at radius 1 is 0.500 bits per heavy atom. The number of benzene rings is 4. The van der Waals surface area contributed by atoms with E-state index < -0.39 is 26.1 Å². The first-order valence-corrected chi connectivity index (χ1v) is 15.3. The molecule has 4 aromatic carbocycles. The van der Waals surface area contributed by atoms with Crippen LogP contribution in [0.3, 0.4) is 0 Å². The minimum atomic E-state index is -3.77. The summed E-state index contributed by atoms with van der Waals surface area (Å²) in [6, 6.07) is 22.4. The topological polar surface area (TPSA) is 133 Å². The maximum atomic E-state index is 12.8. The Morgan fingerprint density at radius 3 is 1.18 bits per heavy atom. The van der Waals surface area contributed by atoms with Gasteiger partial charge in [0.15, 0.2) is 0 Å². The first-order valence-electron chi connectivity index (χ1n) is 12.3. The van der Waals surface area contributed by atoms with E-state index in [0.29, 0.717) is 33.9 Å². The summed E-state index contributed by atoms with van der Waals surface area (Å²) in [5.41, 5.74) is 4.56. The molecule has 0 radical (unpaired) electrons. The second-order valence-corrected chi connectivity index (χ2v) is 12.8. The highest BCUT2D eigenvalue weighted by Crippen LogP contribution is 2.24. The standard InChI is InChI=1S/C29H30N4O5S2/c1-19-5-7-21(3)27(17-19)39(35,36)32-25-13-9-23(10-14-25)30-29(34)31-24-11-15-26(16-12-24)33-40(37,38)28-18-20(2)6-8-22(28)4/h5-18,32-33H,1-4H3,(H2,30,31,34). The molecule has 0 aliphatic rings. The Labute approximate surface area is 234 Å². The molecule has 2 amide bonds. The number of anilines is 4. The number of sulfonamides is 2. The predicted molar refractivity (Wildman–Crippen MR) is 159 cm³/mol. The molecule has 0 saturated heterocycles. The molecular weight excluding hydrogens is 548 g/mol. The molecule has 4 N–H and O–H groups in total. The summed E-state index contributed by atoms with van der Waals surface area (Å²) in [5.74, 6) is 0. The molecule has 0 aliphatic heterocycles. The zero-order valence-corrected chi connectivity index (χ0v) is 24.1. The smallest absolute Gasteiger partial charge is 0.308 e. The Morgan fingerprint density at radius 2 is 0.825 bits per heavy atom. The largest absolute Gasteiger partial charge is 0.323 e. The summed E-state index contributed by atoms with van der Waals surface area (Å²) in [4.78, 5) is 12.9. The van der Waals surface area contributed by atoms with E-state index in [2.05, 4.69) is 20.1 Å². The number of carbonyl (C=O) groups is 1. The fraction of sp³-hybridized carbons (Fsp3) is 0.138. The van der Waals surface area contributed by atoms with E-state index in [4.69, 9.17) is 0 Å². The number of nitrogens with one attached hydrogen (secondary N) is 4. The van der Waals surface area contributed by atoms with Gasteiger partial charge < -0.3 is 10.6 Å². The second-order valence-electron chi connectivity index (χ2n) is 9.48. The van der Waals surface area contributed by atoms with E-state index in [0.717, 1.165) is 11.1 Å². The van der Waals surface area contributed by atoms with E-state index in [1.54, 1.807) is 86.6 Å². The number of rotatable bonds is 8. The van der Waals surface area contributed by atoms with Crippen molar-refractivity contribution in [2.75, 3.05) is 20.1 Å². The third-order valence-corrected chi connectivity index (χ3v) is 9.10. The molecule has 40 heavy (non-hydrogen) atoms. The number of aryl methyl sites for hydroxylation is 4. The number of hydrogen-bond acceptors (Lipinski definition) is 5. The molecule has 0 fully saturated rings. The van der Waals surface area contributed by atoms with Crippen molar-refractivity contribution >= 4 is 48.8 Å². The highest BCUT2D eigenvalue weighted by molar-refractivity contribution is 7.93. The van der Waals surface area contributed by atoms with Crippen molar-refractivity contribution < 1.29 is 21.6 Å². The van der Waals surface area contributed by atoms with Crippen molar-refractivity contribution in [1.82, 2.24) is 0 Å². The normalized spacial score (nSPS) is 11.5. The molecule has 4 aromatic rings. The molecule has 208 valence electrons. The van der Waals surface area contributed by atoms with Crippen LogP contribution in [0, 0.1) is 27.7 Å². The fourth-order valence-corrected chi connectivity index (χ4v) is 6.73. The van der Waals surface area contributed by atoms with E-state index >= 15 is 0 Å². The lowest BCUT2D eigenvalue weighted by atomic mass is 10.2. The van der Waals surface area contributed by atoms with Gasteiger partial charge in [0.1, 0.15) is 0 Å². The quantitative estimate of drug-likeness (QED) is 0.199. The van der Waals surface area contributed by atoms with Gasteiger partial charge in [0.2, 0.25) is 0 Å². The summed E-state index contributed by atoms with van der Waals surface area (Å²) in [5, 5.41) is 5.35. The summed E-state index contributed by atoms with van der Waals surface area (Å²) in [7, 11) is -7.54. The van der Waals surface area contributed by atoms with Crippen molar-refractivity contribution in [2.24, 2.45) is 0 Å². The average molecular weight is 579 g/mol. The molecule has 0 spiro atoms. The van der Waals surface area contributed by atoms with Crippen LogP contribution in [0.15, 0.2) is 94.7 Å². The molecule has 0 saturated carbocycles.